The summed E-state index contributed by atoms with van der Waals surface area (Å²) >= 11 is 5.73. The van der Waals surface area contributed by atoms with Crippen molar-refractivity contribution < 1.29 is 14.6 Å². The van der Waals surface area contributed by atoms with Gasteiger partial charge in [0.2, 0.25) is 0 Å². The van der Waals surface area contributed by atoms with Gasteiger partial charge >= 0.3 is 5.97 Å². The van der Waals surface area contributed by atoms with E-state index in [9.17, 15) is 9.90 Å². The van der Waals surface area contributed by atoms with E-state index >= 15 is 0 Å². The smallest absolute Gasteiger partial charge is 0.338 e. The molecule has 0 saturated carbocycles. The van der Waals surface area contributed by atoms with Gasteiger partial charge in [-0.3, -0.25) is 0 Å². The number of halogens is 1. The van der Waals surface area contributed by atoms with Crippen LogP contribution in [0.4, 0.5) is 0 Å². The number of alkyl halides is 1. The third-order valence-electron chi connectivity index (χ3n) is 2.77. The molecule has 1 N–H and O–H groups in total. The van der Waals surface area contributed by atoms with Crippen LogP contribution in [0.2, 0.25) is 0 Å². The second kappa shape index (κ2) is 6.44. The van der Waals surface area contributed by atoms with Gasteiger partial charge in [0.1, 0.15) is 12.4 Å². The maximum atomic E-state index is 11.7. The van der Waals surface area contributed by atoms with Crippen LogP contribution in [0, 0.1) is 0 Å². The lowest BCUT2D eigenvalue weighted by molar-refractivity contribution is 0.0508. The van der Waals surface area contributed by atoms with Crippen molar-refractivity contribution in [3.05, 3.63) is 54.1 Å². The van der Waals surface area contributed by atoms with Gasteiger partial charge in [0.25, 0.3) is 0 Å². The van der Waals surface area contributed by atoms with E-state index in [0.717, 1.165) is 11.1 Å². The number of rotatable bonds is 4. The van der Waals surface area contributed by atoms with Crippen molar-refractivity contribution in [2.75, 3.05) is 6.61 Å². The third kappa shape index (κ3) is 3.75. The molecule has 0 amide bonds. The van der Waals surface area contributed by atoms with Crippen molar-refractivity contribution in [1.82, 2.24) is 0 Å². The Kier molecular flexibility index (Phi) is 4.64. The summed E-state index contributed by atoms with van der Waals surface area (Å²) < 4.78 is 5.05. The molecular weight excluding hydrogens is 276 g/mol. The van der Waals surface area contributed by atoms with Gasteiger partial charge in [0.05, 0.1) is 10.9 Å². The molecule has 0 spiro atoms. The summed E-state index contributed by atoms with van der Waals surface area (Å²) in [5.74, 6) is -0.154. The summed E-state index contributed by atoms with van der Waals surface area (Å²) in [7, 11) is 0. The molecule has 0 heterocycles. The fourth-order valence-corrected chi connectivity index (χ4v) is 1.79. The molecule has 104 valence electrons. The van der Waals surface area contributed by atoms with Crippen LogP contribution >= 0.6 is 11.6 Å². The summed E-state index contributed by atoms with van der Waals surface area (Å²) in [5.41, 5.74) is 2.43. The van der Waals surface area contributed by atoms with Crippen LogP contribution < -0.4 is 0 Å². The highest BCUT2D eigenvalue weighted by Crippen LogP contribution is 2.22. The van der Waals surface area contributed by atoms with Crippen LogP contribution in [-0.4, -0.2) is 23.1 Å². The number of aromatic hydroxyl groups is 1. The molecule has 2 aromatic carbocycles. The first kappa shape index (κ1) is 14.4. The lowest BCUT2D eigenvalue weighted by Crippen LogP contribution is -2.11. The number of phenolic OH excluding ortho intramolecular Hbond substituents is 1. The monoisotopic (exact) mass is 290 g/mol. The molecule has 0 aliphatic rings. The number of phenols is 1. The van der Waals surface area contributed by atoms with Crippen LogP contribution in [0.1, 0.15) is 17.3 Å². The van der Waals surface area contributed by atoms with Crippen molar-refractivity contribution in [1.29, 1.82) is 0 Å². The topological polar surface area (TPSA) is 46.5 Å². The van der Waals surface area contributed by atoms with Gasteiger partial charge < -0.3 is 9.84 Å². The fraction of sp³-hybridized carbons (Fsp3) is 0.188. The molecule has 0 bridgehead atoms. The van der Waals surface area contributed by atoms with E-state index in [-0.39, 0.29) is 23.7 Å². The van der Waals surface area contributed by atoms with Gasteiger partial charge in [-0.1, -0.05) is 24.3 Å². The second-order valence-corrected chi connectivity index (χ2v) is 5.25. The maximum absolute atomic E-state index is 11.7. The summed E-state index contributed by atoms with van der Waals surface area (Å²) in [5, 5.41) is 9.05. The van der Waals surface area contributed by atoms with E-state index in [1.807, 2.05) is 24.3 Å². The van der Waals surface area contributed by atoms with E-state index in [1.165, 1.54) is 0 Å². The molecule has 0 aliphatic heterocycles. The molecule has 20 heavy (non-hydrogen) atoms. The van der Waals surface area contributed by atoms with E-state index < -0.39 is 0 Å². The first-order valence-corrected chi connectivity index (χ1v) is 6.70. The molecule has 0 aromatic heterocycles. The third-order valence-corrected chi connectivity index (χ3v) is 2.89. The van der Waals surface area contributed by atoms with Crippen LogP contribution in [0.25, 0.3) is 11.1 Å². The zero-order chi connectivity index (χ0) is 14.5. The van der Waals surface area contributed by atoms with Crippen molar-refractivity contribution >= 4 is 17.6 Å². The molecule has 3 nitrogen and oxygen atoms in total. The molecule has 1 atom stereocenters. The van der Waals surface area contributed by atoms with Crippen molar-refractivity contribution in [2.24, 2.45) is 0 Å². The molecule has 4 heteroatoms. The average Bonchev–Trinajstić information content (AvgIpc) is 2.46. The molecule has 0 radical (unpaired) electrons. The predicted octanol–water partition coefficient (Wildman–Crippen LogP) is 3.84. The maximum Gasteiger partial charge on any atom is 0.338 e. The highest BCUT2D eigenvalue weighted by Gasteiger charge is 2.08. The Labute approximate surface area is 122 Å². The van der Waals surface area contributed by atoms with E-state index in [2.05, 4.69) is 0 Å². The molecule has 2 rings (SSSR count). The quantitative estimate of drug-likeness (QED) is 0.687. The number of carbonyl (C=O) groups is 1. The molecule has 1 unspecified atom stereocenters. The summed E-state index contributed by atoms with van der Waals surface area (Å²) in [6, 6.07) is 14.0. The Morgan fingerprint density at radius 3 is 2.10 bits per heavy atom. The van der Waals surface area contributed by atoms with Crippen molar-refractivity contribution in [3.63, 3.8) is 0 Å². The van der Waals surface area contributed by atoms with Gasteiger partial charge in [-0.15, -0.1) is 11.6 Å². The van der Waals surface area contributed by atoms with Gasteiger partial charge in [-0.25, -0.2) is 4.79 Å². The Balaban J connectivity index is 2.10. The van der Waals surface area contributed by atoms with Crippen LogP contribution in [0.3, 0.4) is 0 Å². The van der Waals surface area contributed by atoms with Crippen molar-refractivity contribution in [3.8, 4) is 16.9 Å². The summed E-state index contributed by atoms with van der Waals surface area (Å²) in [6.07, 6.45) is 0. The van der Waals surface area contributed by atoms with Crippen LogP contribution in [0.5, 0.6) is 5.75 Å². The van der Waals surface area contributed by atoms with Crippen LogP contribution in [-0.2, 0) is 4.74 Å². The van der Waals surface area contributed by atoms with E-state index in [1.54, 1.807) is 31.2 Å². The minimum atomic E-state index is -0.380. The van der Waals surface area contributed by atoms with Crippen molar-refractivity contribution in [2.45, 2.75) is 12.3 Å². The fourth-order valence-electron chi connectivity index (χ4n) is 1.73. The molecular formula is C16H15ClO3. The SMILES string of the molecule is CC(Cl)COC(=O)c1ccc(-c2ccc(O)cc2)cc1. The Bertz CT molecular complexity index is 574. The number of esters is 1. The zero-order valence-electron chi connectivity index (χ0n) is 11.0. The lowest BCUT2D eigenvalue weighted by atomic mass is 10.0. The van der Waals surface area contributed by atoms with Gasteiger partial charge in [-0.2, -0.15) is 0 Å². The largest absolute Gasteiger partial charge is 0.508 e. The Morgan fingerprint density at radius 2 is 1.60 bits per heavy atom. The predicted molar refractivity (Wildman–Crippen MR) is 79.1 cm³/mol. The summed E-state index contributed by atoms with van der Waals surface area (Å²) in [6.45, 7) is 1.96. The molecule has 2 aromatic rings. The second-order valence-electron chi connectivity index (χ2n) is 4.50. The lowest BCUT2D eigenvalue weighted by Gasteiger charge is -2.07. The highest BCUT2D eigenvalue weighted by atomic mass is 35.5. The first-order valence-electron chi connectivity index (χ1n) is 6.27. The van der Waals surface area contributed by atoms with E-state index in [0.29, 0.717) is 5.56 Å². The minimum absolute atomic E-state index is 0.195. The van der Waals surface area contributed by atoms with Gasteiger partial charge in [-0.05, 0) is 42.3 Å². The summed E-state index contributed by atoms with van der Waals surface area (Å²) in [4.78, 5) is 11.7. The Hall–Kier alpha value is -2.00. The molecule has 0 fully saturated rings. The first-order chi connectivity index (χ1) is 9.56. The minimum Gasteiger partial charge on any atom is -0.508 e. The molecule has 0 aliphatic carbocycles. The number of benzene rings is 2. The highest BCUT2D eigenvalue weighted by molar-refractivity contribution is 6.20. The average molecular weight is 291 g/mol. The number of hydrogen-bond acceptors (Lipinski definition) is 3. The van der Waals surface area contributed by atoms with Gasteiger partial charge in [0.15, 0.2) is 0 Å². The Morgan fingerprint density at radius 1 is 1.10 bits per heavy atom. The number of hydrogen-bond donors (Lipinski definition) is 1. The molecule has 0 saturated heterocycles. The zero-order valence-corrected chi connectivity index (χ0v) is 11.8. The van der Waals surface area contributed by atoms with Crippen LogP contribution in [0.15, 0.2) is 48.5 Å². The van der Waals surface area contributed by atoms with Gasteiger partial charge in [0, 0.05) is 0 Å². The van der Waals surface area contributed by atoms with E-state index in [4.69, 9.17) is 16.3 Å². The normalized spacial score (nSPS) is 11.9. The number of carbonyl (C=O) groups excluding carboxylic acids is 1. The standard InChI is InChI=1S/C16H15ClO3/c1-11(17)10-20-16(19)14-4-2-12(3-5-14)13-6-8-15(18)9-7-13/h2-9,11,18H,10H2,1H3. The number of ether oxygens (including phenoxy) is 1.